The Kier molecular flexibility index (Phi) is 4.52. The molecule has 2 aromatic rings. The molecular weight excluding hydrogens is 289 g/mol. The number of hydrogen-bond donors (Lipinski definition) is 0. The van der Waals surface area contributed by atoms with E-state index < -0.39 is 18.8 Å². The van der Waals surface area contributed by atoms with Crippen LogP contribution in [0.2, 0.25) is 0 Å². The van der Waals surface area contributed by atoms with E-state index in [2.05, 4.69) is 4.74 Å². The largest absolute Gasteiger partial charge is 0.489 e. The number of furan rings is 1. The van der Waals surface area contributed by atoms with E-state index in [0.29, 0.717) is 11.3 Å². The Bertz CT molecular complexity index is 590. The fourth-order valence-corrected chi connectivity index (χ4v) is 1.52. The molecule has 1 aromatic carbocycles. The third-order valence-electron chi connectivity index (χ3n) is 2.44. The number of ether oxygens (including phenoxy) is 2. The van der Waals surface area contributed by atoms with Crippen molar-refractivity contribution in [1.82, 2.24) is 0 Å². The summed E-state index contributed by atoms with van der Waals surface area (Å²) in [6, 6.07) is 10.2. The molecule has 0 saturated heterocycles. The highest BCUT2D eigenvalue weighted by Crippen LogP contribution is 2.19. The van der Waals surface area contributed by atoms with Gasteiger partial charge in [-0.25, -0.2) is 4.79 Å². The molecule has 0 unspecified atom stereocenters. The maximum atomic E-state index is 12.0. The molecule has 0 aliphatic rings. The predicted octanol–water partition coefficient (Wildman–Crippen LogP) is 3.58. The lowest BCUT2D eigenvalue weighted by molar-refractivity contribution is -0.161. The van der Waals surface area contributed by atoms with Crippen molar-refractivity contribution in [3.8, 4) is 5.75 Å². The molecule has 1 aromatic heterocycles. The summed E-state index contributed by atoms with van der Waals surface area (Å²) >= 11 is 0. The molecule has 0 fully saturated rings. The van der Waals surface area contributed by atoms with Crippen molar-refractivity contribution in [3.63, 3.8) is 0 Å². The zero-order chi connectivity index (χ0) is 15.3. The normalized spacial score (nSPS) is 11.2. The monoisotopic (exact) mass is 300 g/mol. The Morgan fingerprint density at radius 3 is 2.52 bits per heavy atom. The number of halogens is 3. The second-order valence-electron chi connectivity index (χ2n) is 4.07. The van der Waals surface area contributed by atoms with Gasteiger partial charge in [0.25, 0.3) is 0 Å². The lowest BCUT2D eigenvalue weighted by atomic mass is 10.2. The zero-order valence-electron chi connectivity index (χ0n) is 10.7. The Balaban J connectivity index is 1.96. The predicted molar refractivity (Wildman–Crippen MR) is 65.8 cm³/mol. The molecule has 1 heterocycles. The Labute approximate surface area is 118 Å². The number of hydrogen-bond acceptors (Lipinski definition) is 4. The van der Waals surface area contributed by atoms with Gasteiger partial charge in [0, 0.05) is 5.56 Å². The summed E-state index contributed by atoms with van der Waals surface area (Å²) < 4.78 is 50.4. The summed E-state index contributed by atoms with van der Waals surface area (Å²) in [5.41, 5.74) is 0.311. The second-order valence-corrected chi connectivity index (χ2v) is 4.07. The van der Waals surface area contributed by atoms with E-state index in [-0.39, 0.29) is 12.4 Å². The van der Waals surface area contributed by atoms with Crippen LogP contribution in [0.5, 0.6) is 5.75 Å². The van der Waals surface area contributed by atoms with Crippen molar-refractivity contribution >= 4 is 5.97 Å². The molecule has 7 heteroatoms. The van der Waals surface area contributed by atoms with E-state index in [1.54, 1.807) is 24.3 Å². The van der Waals surface area contributed by atoms with Gasteiger partial charge in [0.05, 0.1) is 6.26 Å². The molecule has 0 spiro atoms. The van der Waals surface area contributed by atoms with Crippen LogP contribution in [-0.2, 0) is 11.3 Å². The summed E-state index contributed by atoms with van der Waals surface area (Å²) in [5, 5.41) is 0. The lowest BCUT2D eigenvalue weighted by Crippen LogP contribution is -2.20. The Morgan fingerprint density at radius 1 is 1.14 bits per heavy atom. The second kappa shape index (κ2) is 6.34. The van der Waals surface area contributed by atoms with E-state index in [0.717, 1.165) is 0 Å². The molecule has 0 radical (unpaired) electrons. The highest BCUT2D eigenvalue weighted by Gasteiger charge is 2.31. The van der Waals surface area contributed by atoms with Crippen LogP contribution in [-0.4, -0.2) is 18.8 Å². The van der Waals surface area contributed by atoms with Crippen LogP contribution in [0, 0.1) is 0 Å². The quantitative estimate of drug-likeness (QED) is 0.792. The number of alkyl halides is 3. The van der Waals surface area contributed by atoms with Crippen LogP contribution < -0.4 is 4.74 Å². The third-order valence-corrected chi connectivity index (χ3v) is 2.44. The molecule has 0 aliphatic carbocycles. The number of esters is 1. The summed E-state index contributed by atoms with van der Waals surface area (Å²) in [4.78, 5) is 11.5. The van der Waals surface area contributed by atoms with Gasteiger partial charge < -0.3 is 13.9 Å². The number of carbonyl (C=O) groups is 1. The van der Waals surface area contributed by atoms with Gasteiger partial charge in [-0.2, -0.15) is 13.2 Å². The minimum absolute atomic E-state index is 0.0169. The van der Waals surface area contributed by atoms with Crippen LogP contribution >= 0.6 is 0 Å². The van der Waals surface area contributed by atoms with Crippen molar-refractivity contribution in [1.29, 1.82) is 0 Å². The van der Waals surface area contributed by atoms with E-state index in [4.69, 9.17) is 9.15 Å². The van der Waals surface area contributed by atoms with Crippen molar-refractivity contribution in [2.24, 2.45) is 0 Å². The highest BCUT2D eigenvalue weighted by molar-refractivity contribution is 5.87. The fraction of sp³-hybridized carbons (Fsp3) is 0.214. The molecule has 0 aliphatic heterocycles. The fourth-order valence-electron chi connectivity index (χ4n) is 1.52. The van der Waals surface area contributed by atoms with Gasteiger partial charge in [0.15, 0.2) is 6.61 Å². The maximum absolute atomic E-state index is 12.0. The minimum Gasteiger partial charge on any atom is -0.489 e. The highest BCUT2D eigenvalue weighted by atomic mass is 19.4. The lowest BCUT2D eigenvalue weighted by Gasteiger charge is -2.08. The van der Waals surface area contributed by atoms with Gasteiger partial charge in [-0.3, -0.25) is 0 Å². The first-order valence-corrected chi connectivity index (χ1v) is 5.94. The van der Waals surface area contributed by atoms with Gasteiger partial charge >= 0.3 is 12.1 Å². The van der Waals surface area contributed by atoms with Gasteiger partial charge in [0.1, 0.15) is 12.4 Å². The molecule has 0 atom stereocenters. The molecule has 0 amide bonds. The van der Waals surface area contributed by atoms with Crippen LogP contribution in [0.4, 0.5) is 13.2 Å². The molecule has 112 valence electrons. The zero-order valence-corrected chi connectivity index (χ0v) is 10.7. The van der Waals surface area contributed by atoms with Gasteiger partial charge in [-0.15, -0.1) is 0 Å². The van der Waals surface area contributed by atoms with Crippen LogP contribution in [0.1, 0.15) is 16.1 Å². The average Bonchev–Trinajstić information content (AvgIpc) is 2.91. The Morgan fingerprint density at radius 2 is 1.86 bits per heavy atom. The number of rotatable bonds is 5. The molecule has 21 heavy (non-hydrogen) atoms. The SMILES string of the molecule is O=C(OCC(F)(F)F)c1occc1COc1ccccc1. The van der Waals surface area contributed by atoms with Crippen molar-refractivity contribution in [2.45, 2.75) is 12.8 Å². The van der Waals surface area contributed by atoms with E-state index in [1.165, 1.54) is 12.3 Å². The van der Waals surface area contributed by atoms with Gasteiger partial charge in [-0.1, -0.05) is 18.2 Å². The topological polar surface area (TPSA) is 48.7 Å². The maximum Gasteiger partial charge on any atom is 0.422 e. The van der Waals surface area contributed by atoms with Crippen molar-refractivity contribution in [2.75, 3.05) is 6.61 Å². The molecule has 0 N–H and O–H groups in total. The molecule has 0 saturated carbocycles. The van der Waals surface area contributed by atoms with Gasteiger partial charge in [0.2, 0.25) is 5.76 Å². The van der Waals surface area contributed by atoms with Gasteiger partial charge in [-0.05, 0) is 18.2 Å². The summed E-state index contributed by atoms with van der Waals surface area (Å²) in [5.74, 6) is -0.910. The average molecular weight is 300 g/mol. The number of para-hydroxylation sites is 1. The summed E-state index contributed by atoms with van der Waals surface area (Å²) in [6.45, 7) is -1.68. The number of benzene rings is 1. The first-order chi connectivity index (χ1) is 9.96. The van der Waals surface area contributed by atoms with E-state index in [1.807, 2.05) is 6.07 Å². The molecule has 0 bridgehead atoms. The van der Waals surface area contributed by atoms with Crippen LogP contribution in [0.15, 0.2) is 47.1 Å². The first-order valence-electron chi connectivity index (χ1n) is 5.94. The summed E-state index contributed by atoms with van der Waals surface area (Å²) in [6.07, 6.45) is -3.39. The van der Waals surface area contributed by atoms with E-state index >= 15 is 0 Å². The molecule has 2 rings (SSSR count). The smallest absolute Gasteiger partial charge is 0.422 e. The minimum atomic E-state index is -4.58. The Hall–Kier alpha value is -2.44. The molecule has 4 nitrogen and oxygen atoms in total. The van der Waals surface area contributed by atoms with Crippen LogP contribution in [0.3, 0.4) is 0 Å². The van der Waals surface area contributed by atoms with Crippen molar-refractivity contribution < 1.29 is 31.9 Å². The van der Waals surface area contributed by atoms with Crippen LogP contribution in [0.25, 0.3) is 0 Å². The first kappa shape index (κ1) is 15.0. The standard InChI is InChI=1S/C14H11F3O4/c15-14(16,17)9-21-13(18)12-10(6-7-19-12)8-20-11-4-2-1-3-5-11/h1-7H,8-9H2. The molecular formula is C14H11F3O4. The van der Waals surface area contributed by atoms with Crippen molar-refractivity contribution in [3.05, 3.63) is 54.0 Å². The van der Waals surface area contributed by atoms with E-state index in [9.17, 15) is 18.0 Å². The third kappa shape index (κ3) is 4.55. The summed E-state index contributed by atoms with van der Waals surface area (Å²) in [7, 11) is 0. The number of carbonyl (C=O) groups excluding carboxylic acids is 1.